The Morgan fingerprint density at radius 1 is 1.29 bits per heavy atom. The lowest BCUT2D eigenvalue weighted by molar-refractivity contribution is 0.0527. The van der Waals surface area contributed by atoms with Crippen molar-refractivity contribution in [1.82, 2.24) is 0 Å². The van der Waals surface area contributed by atoms with Gasteiger partial charge < -0.3 is 10.1 Å². The molecular weight excluding hydrogens is 322 g/mol. The molecule has 126 valence electrons. The molecule has 0 saturated carbocycles. The fourth-order valence-electron chi connectivity index (χ4n) is 3.04. The van der Waals surface area contributed by atoms with Crippen molar-refractivity contribution in [2.45, 2.75) is 33.1 Å². The van der Waals surface area contributed by atoms with E-state index in [4.69, 9.17) is 4.74 Å². The van der Waals surface area contributed by atoms with Gasteiger partial charge in [-0.15, -0.1) is 11.3 Å². The predicted octanol–water partition coefficient (Wildman–Crippen LogP) is 4.30. The Hall–Kier alpha value is -2.14. The van der Waals surface area contributed by atoms with Crippen molar-refractivity contribution < 1.29 is 14.3 Å². The van der Waals surface area contributed by atoms with E-state index in [0.29, 0.717) is 23.8 Å². The summed E-state index contributed by atoms with van der Waals surface area (Å²) in [6.07, 6.45) is 3.11. The van der Waals surface area contributed by atoms with Crippen molar-refractivity contribution in [2.24, 2.45) is 5.92 Å². The number of esters is 1. The first-order chi connectivity index (χ1) is 11.6. The van der Waals surface area contributed by atoms with Crippen molar-refractivity contribution >= 4 is 28.9 Å². The summed E-state index contributed by atoms with van der Waals surface area (Å²) < 4.78 is 5.06. The van der Waals surface area contributed by atoms with E-state index < -0.39 is 5.97 Å². The minimum Gasteiger partial charge on any atom is -0.462 e. The molecule has 1 aliphatic carbocycles. The van der Waals surface area contributed by atoms with Crippen LogP contribution in [-0.4, -0.2) is 18.5 Å². The van der Waals surface area contributed by atoms with Gasteiger partial charge in [0.25, 0.3) is 5.91 Å². The molecule has 1 N–H and O–H groups in total. The monoisotopic (exact) mass is 343 g/mol. The third-order valence-corrected chi connectivity index (χ3v) is 5.37. The second-order valence-corrected chi connectivity index (χ2v) is 7.08. The molecule has 0 fully saturated rings. The molecule has 3 rings (SSSR count). The van der Waals surface area contributed by atoms with Gasteiger partial charge in [-0.3, -0.25) is 4.79 Å². The normalized spacial score (nSPS) is 16.3. The molecule has 1 aromatic carbocycles. The van der Waals surface area contributed by atoms with Gasteiger partial charge in [0, 0.05) is 10.3 Å². The van der Waals surface area contributed by atoms with Crippen LogP contribution in [0, 0.1) is 5.92 Å². The Bertz CT molecular complexity index is 766. The number of carbonyl (C=O) groups excluding carboxylic acids is 2. The molecule has 5 heteroatoms. The number of amides is 1. The number of carbonyl (C=O) groups is 2. The van der Waals surface area contributed by atoms with Crippen LogP contribution in [0.2, 0.25) is 0 Å². The first-order valence-corrected chi connectivity index (χ1v) is 9.14. The van der Waals surface area contributed by atoms with Crippen LogP contribution in [0.3, 0.4) is 0 Å². The second kappa shape index (κ2) is 7.18. The lowest BCUT2D eigenvalue weighted by atomic mass is 9.88. The molecule has 1 atom stereocenters. The summed E-state index contributed by atoms with van der Waals surface area (Å²) in [4.78, 5) is 26.1. The molecule has 4 nitrogen and oxygen atoms in total. The lowest BCUT2D eigenvalue weighted by Crippen LogP contribution is -2.18. The van der Waals surface area contributed by atoms with Crippen molar-refractivity contribution in [1.29, 1.82) is 0 Å². The molecule has 0 bridgehead atoms. The number of thiophene rings is 1. The molecule has 1 unspecified atom stereocenters. The summed E-state index contributed by atoms with van der Waals surface area (Å²) in [7, 11) is 0. The maximum atomic E-state index is 12.7. The molecule has 1 aliphatic rings. The van der Waals surface area contributed by atoms with Gasteiger partial charge in [0.1, 0.15) is 0 Å². The van der Waals surface area contributed by atoms with Crippen LogP contribution in [0.1, 0.15) is 51.4 Å². The third kappa shape index (κ3) is 3.36. The SMILES string of the molecule is CCOC(=O)c1ccccc1NC(=O)c1csc2c1CCC(C)C2. The van der Waals surface area contributed by atoms with Crippen LogP contribution in [0.15, 0.2) is 29.6 Å². The maximum Gasteiger partial charge on any atom is 0.340 e. The zero-order valence-electron chi connectivity index (χ0n) is 13.9. The number of anilines is 1. The molecule has 0 aliphatic heterocycles. The summed E-state index contributed by atoms with van der Waals surface area (Å²) in [5.41, 5.74) is 2.78. The molecule has 1 aromatic heterocycles. The molecule has 1 amide bonds. The number of hydrogen-bond donors (Lipinski definition) is 1. The average Bonchev–Trinajstić information content (AvgIpc) is 2.98. The molecule has 1 heterocycles. The fraction of sp³-hybridized carbons (Fsp3) is 0.368. The Morgan fingerprint density at radius 3 is 2.88 bits per heavy atom. The largest absolute Gasteiger partial charge is 0.462 e. The number of rotatable bonds is 4. The number of benzene rings is 1. The molecule has 2 aromatic rings. The standard InChI is InChI=1S/C19H21NO3S/c1-3-23-19(22)14-6-4-5-7-16(14)20-18(21)15-11-24-17-10-12(2)8-9-13(15)17/h4-7,11-12H,3,8-10H2,1-2H3,(H,20,21). The number of hydrogen-bond acceptors (Lipinski definition) is 4. The molecule has 24 heavy (non-hydrogen) atoms. The number of para-hydroxylation sites is 1. The highest BCUT2D eigenvalue weighted by atomic mass is 32.1. The first kappa shape index (κ1) is 16.7. The summed E-state index contributed by atoms with van der Waals surface area (Å²) in [6.45, 7) is 4.31. The number of nitrogens with one attached hydrogen (secondary N) is 1. The Morgan fingerprint density at radius 2 is 2.08 bits per heavy atom. The lowest BCUT2D eigenvalue weighted by Gasteiger charge is -2.19. The summed E-state index contributed by atoms with van der Waals surface area (Å²) in [5, 5.41) is 4.82. The highest BCUT2D eigenvalue weighted by Gasteiger charge is 2.24. The summed E-state index contributed by atoms with van der Waals surface area (Å²) in [6, 6.07) is 6.95. The van der Waals surface area contributed by atoms with E-state index in [0.717, 1.165) is 24.8 Å². The molecule has 0 saturated heterocycles. The van der Waals surface area contributed by atoms with E-state index in [1.54, 1.807) is 42.5 Å². The smallest absolute Gasteiger partial charge is 0.340 e. The van der Waals surface area contributed by atoms with Crippen molar-refractivity contribution in [3.05, 3.63) is 51.2 Å². The van der Waals surface area contributed by atoms with Gasteiger partial charge in [-0.2, -0.15) is 0 Å². The van der Waals surface area contributed by atoms with Gasteiger partial charge in [0.2, 0.25) is 0 Å². The highest BCUT2D eigenvalue weighted by molar-refractivity contribution is 7.10. The van der Waals surface area contributed by atoms with E-state index >= 15 is 0 Å². The van der Waals surface area contributed by atoms with Gasteiger partial charge in [-0.05, 0) is 49.8 Å². The third-order valence-electron chi connectivity index (χ3n) is 4.32. The Labute approximate surface area is 145 Å². The van der Waals surface area contributed by atoms with Crippen LogP contribution >= 0.6 is 11.3 Å². The van der Waals surface area contributed by atoms with Gasteiger partial charge in [-0.1, -0.05) is 19.1 Å². The van der Waals surface area contributed by atoms with E-state index in [1.165, 1.54) is 10.4 Å². The van der Waals surface area contributed by atoms with E-state index in [1.807, 2.05) is 5.38 Å². The van der Waals surface area contributed by atoms with Crippen LogP contribution in [0.25, 0.3) is 0 Å². The van der Waals surface area contributed by atoms with E-state index in [2.05, 4.69) is 12.2 Å². The quantitative estimate of drug-likeness (QED) is 0.842. The van der Waals surface area contributed by atoms with Crippen LogP contribution in [0.5, 0.6) is 0 Å². The van der Waals surface area contributed by atoms with Gasteiger partial charge in [0.15, 0.2) is 0 Å². The van der Waals surface area contributed by atoms with E-state index in [9.17, 15) is 9.59 Å². The van der Waals surface area contributed by atoms with Gasteiger partial charge in [-0.25, -0.2) is 4.79 Å². The minimum atomic E-state index is -0.422. The van der Waals surface area contributed by atoms with Crippen molar-refractivity contribution in [3.63, 3.8) is 0 Å². The summed E-state index contributed by atoms with van der Waals surface area (Å²) >= 11 is 1.66. The minimum absolute atomic E-state index is 0.154. The van der Waals surface area contributed by atoms with Crippen LogP contribution in [0.4, 0.5) is 5.69 Å². The predicted molar refractivity (Wildman–Crippen MR) is 95.9 cm³/mol. The Kier molecular flexibility index (Phi) is 5.00. The van der Waals surface area contributed by atoms with E-state index in [-0.39, 0.29) is 5.91 Å². The number of ether oxygens (including phenoxy) is 1. The molecule has 0 spiro atoms. The van der Waals surface area contributed by atoms with Gasteiger partial charge >= 0.3 is 5.97 Å². The average molecular weight is 343 g/mol. The zero-order chi connectivity index (χ0) is 17.1. The van der Waals surface area contributed by atoms with Crippen LogP contribution in [-0.2, 0) is 17.6 Å². The zero-order valence-corrected chi connectivity index (χ0v) is 14.7. The van der Waals surface area contributed by atoms with Crippen molar-refractivity contribution in [2.75, 3.05) is 11.9 Å². The fourth-order valence-corrected chi connectivity index (χ4v) is 4.28. The second-order valence-electron chi connectivity index (χ2n) is 6.12. The highest BCUT2D eigenvalue weighted by Crippen LogP contribution is 2.33. The molecule has 0 radical (unpaired) electrons. The van der Waals surface area contributed by atoms with Gasteiger partial charge in [0.05, 0.1) is 23.4 Å². The Balaban J connectivity index is 1.83. The maximum absolute atomic E-state index is 12.7. The van der Waals surface area contributed by atoms with Crippen LogP contribution < -0.4 is 5.32 Å². The summed E-state index contributed by atoms with van der Waals surface area (Å²) in [5.74, 6) is 0.102. The topological polar surface area (TPSA) is 55.4 Å². The number of fused-ring (bicyclic) bond motifs is 1. The first-order valence-electron chi connectivity index (χ1n) is 8.26. The van der Waals surface area contributed by atoms with Crippen molar-refractivity contribution in [3.8, 4) is 0 Å². The molecular formula is C19H21NO3S.